The quantitative estimate of drug-likeness (QED) is 0.823. The van der Waals surface area contributed by atoms with Gasteiger partial charge in [-0.2, -0.15) is 0 Å². The largest absolute Gasteiger partial charge is 0.343 e. The zero-order valence-corrected chi connectivity index (χ0v) is 10.6. The predicted molar refractivity (Wildman–Crippen MR) is 65.4 cm³/mol. The van der Waals surface area contributed by atoms with Crippen molar-refractivity contribution in [3.63, 3.8) is 0 Å². The summed E-state index contributed by atoms with van der Waals surface area (Å²) in [5.74, 6) is 0.334. The van der Waals surface area contributed by atoms with Crippen molar-refractivity contribution in [3.05, 3.63) is 11.6 Å². The lowest BCUT2D eigenvalue weighted by Crippen LogP contribution is -2.63. The number of nitrogens with one attached hydrogen (secondary N) is 1. The molecule has 4 nitrogen and oxygen atoms in total. The third kappa shape index (κ3) is 2.46. The molecule has 1 saturated carbocycles. The van der Waals surface area contributed by atoms with Crippen LogP contribution in [0.5, 0.6) is 0 Å². The Morgan fingerprint density at radius 3 is 2.71 bits per heavy atom. The molecule has 2 rings (SSSR count). The fourth-order valence-electron chi connectivity index (χ4n) is 2.31. The van der Waals surface area contributed by atoms with Gasteiger partial charge in [-0.25, -0.2) is 0 Å². The molecule has 1 heterocycles. The van der Waals surface area contributed by atoms with E-state index in [1.807, 2.05) is 6.92 Å². The van der Waals surface area contributed by atoms with Crippen molar-refractivity contribution in [2.75, 3.05) is 6.54 Å². The first kappa shape index (κ1) is 12.4. The van der Waals surface area contributed by atoms with Gasteiger partial charge in [0.05, 0.1) is 0 Å². The average molecular weight is 257 g/mol. The van der Waals surface area contributed by atoms with Crippen molar-refractivity contribution in [2.45, 2.75) is 38.3 Å². The van der Waals surface area contributed by atoms with E-state index in [0.717, 1.165) is 12.8 Å². The third-order valence-corrected chi connectivity index (χ3v) is 3.55. The van der Waals surface area contributed by atoms with Crippen LogP contribution in [0.1, 0.15) is 26.2 Å². The van der Waals surface area contributed by atoms with E-state index in [2.05, 4.69) is 5.32 Å². The van der Waals surface area contributed by atoms with Gasteiger partial charge in [-0.15, -0.1) is 0 Å². The lowest BCUT2D eigenvalue weighted by atomic mass is 10.0. The molecule has 0 radical (unpaired) electrons. The van der Waals surface area contributed by atoms with Crippen LogP contribution in [0.4, 0.5) is 0 Å². The predicted octanol–water partition coefficient (Wildman–Crippen LogP) is 1.25. The minimum absolute atomic E-state index is 0.0121. The molecule has 2 atom stereocenters. The summed E-state index contributed by atoms with van der Waals surface area (Å²) in [7, 11) is 0. The van der Waals surface area contributed by atoms with E-state index in [-0.39, 0.29) is 23.9 Å². The molecule has 1 aliphatic heterocycles. The highest BCUT2D eigenvalue weighted by Gasteiger charge is 2.46. The highest BCUT2D eigenvalue weighted by Crippen LogP contribution is 2.37. The van der Waals surface area contributed by atoms with Crippen LogP contribution in [0.15, 0.2) is 11.6 Å². The zero-order valence-electron chi connectivity index (χ0n) is 9.86. The van der Waals surface area contributed by atoms with Crippen molar-refractivity contribution in [1.29, 1.82) is 0 Å². The summed E-state index contributed by atoms with van der Waals surface area (Å²) in [6.45, 7) is 2.32. The van der Waals surface area contributed by atoms with E-state index < -0.39 is 0 Å². The first-order valence-electron chi connectivity index (χ1n) is 6.05. The number of amides is 2. The molecule has 0 aromatic heterocycles. The summed E-state index contributed by atoms with van der Waals surface area (Å²) in [5.41, 5.74) is 1.39. The highest BCUT2D eigenvalue weighted by atomic mass is 35.5. The Balaban J connectivity index is 2.17. The lowest BCUT2D eigenvalue weighted by Gasteiger charge is -2.38. The van der Waals surface area contributed by atoms with E-state index in [0.29, 0.717) is 18.9 Å². The van der Waals surface area contributed by atoms with E-state index >= 15 is 0 Å². The van der Waals surface area contributed by atoms with E-state index in [9.17, 15) is 9.59 Å². The van der Waals surface area contributed by atoms with Gasteiger partial charge in [-0.05, 0) is 25.2 Å². The van der Waals surface area contributed by atoms with Gasteiger partial charge in [-0.3, -0.25) is 9.59 Å². The van der Waals surface area contributed by atoms with Gasteiger partial charge < -0.3 is 10.2 Å². The van der Waals surface area contributed by atoms with Gasteiger partial charge >= 0.3 is 0 Å². The minimum atomic E-state index is -0.374. The van der Waals surface area contributed by atoms with E-state index in [1.54, 1.807) is 11.0 Å². The summed E-state index contributed by atoms with van der Waals surface area (Å²) in [6.07, 6.45) is 4.40. The standard InChI is InChI=1S/C12H17ClN2O2/c1-2-9-12(17)15(7-3-6-13)10(8-4-5-8)11(16)14-9/h3,6,8-10H,2,4-5,7H2,1H3,(H,14,16)/b6-3+. The summed E-state index contributed by atoms with van der Waals surface area (Å²) in [6, 6.07) is -0.667. The number of piperazine rings is 1. The maximum atomic E-state index is 12.2. The third-order valence-electron chi connectivity index (χ3n) is 3.37. The molecule has 0 aromatic rings. The fourth-order valence-corrected chi connectivity index (χ4v) is 2.39. The Labute approximate surface area is 106 Å². The van der Waals surface area contributed by atoms with Crippen molar-refractivity contribution in [3.8, 4) is 0 Å². The molecule has 2 amide bonds. The molecule has 0 aromatic carbocycles. The topological polar surface area (TPSA) is 49.4 Å². The molecule has 0 bridgehead atoms. The van der Waals surface area contributed by atoms with Crippen molar-refractivity contribution in [1.82, 2.24) is 10.2 Å². The Bertz CT molecular complexity index is 352. The summed E-state index contributed by atoms with van der Waals surface area (Å²) in [4.78, 5) is 25.9. The van der Waals surface area contributed by atoms with Crippen LogP contribution in [0.3, 0.4) is 0 Å². The second kappa shape index (κ2) is 5.08. The van der Waals surface area contributed by atoms with Gasteiger partial charge in [0.15, 0.2) is 0 Å². The number of hydrogen-bond donors (Lipinski definition) is 1. The maximum Gasteiger partial charge on any atom is 0.246 e. The fraction of sp³-hybridized carbons (Fsp3) is 0.667. The Morgan fingerprint density at radius 2 is 2.18 bits per heavy atom. The molecule has 2 unspecified atom stereocenters. The van der Waals surface area contributed by atoms with E-state index in [1.165, 1.54) is 5.54 Å². The smallest absolute Gasteiger partial charge is 0.246 e. The maximum absolute atomic E-state index is 12.2. The number of hydrogen-bond acceptors (Lipinski definition) is 2. The van der Waals surface area contributed by atoms with Crippen LogP contribution in [0.2, 0.25) is 0 Å². The van der Waals surface area contributed by atoms with Gasteiger partial charge in [0.2, 0.25) is 11.8 Å². The summed E-state index contributed by atoms with van der Waals surface area (Å²) < 4.78 is 0. The molecule has 5 heteroatoms. The van der Waals surface area contributed by atoms with Crippen molar-refractivity contribution < 1.29 is 9.59 Å². The van der Waals surface area contributed by atoms with Gasteiger partial charge in [0.25, 0.3) is 0 Å². The normalized spacial score (nSPS) is 29.9. The highest BCUT2D eigenvalue weighted by molar-refractivity contribution is 6.25. The number of carbonyl (C=O) groups is 2. The summed E-state index contributed by atoms with van der Waals surface area (Å²) in [5, 5.41) is 2.81. The Hall–Kier alpha value is -1.03. The molecule has 1 N–H and O–H groups in total. The Kier molecular flexibility index (Phi) is 3.72. The molecule has 0 spiro atoms. The molecule has 94 valence electrons. The van der Waals surface area contributed by atoms with Crippen molar-refractivity contribution in [2.24, 2.45) is 5.92 Å². The molecular formula is C12H17ClN2O2. The van der Waals surface area contributed by atoms with Crippen LogP contribution >= 0.6 is 11.6 Å². The second-order valence-corrected chi connectivity index (χ2v) is 4.86. The Morgan fingerprint density at radius 1 is 1.47 bits per heavy atom. The second-order valence-electron chi connectivity index (χ2n) is 4.60. The molecule has 1 saturated heterocycles. The number of carbonyl (C=O) groups excluding carboxylic acids is 2. The van der Waals surface area contributed by atoms with Gasteiger partial charge in [0.1, 0.15) is 12.1 Å². The lowest BCUT2D eigenvalue weighted by molar-refractivity contribution is -0.149. The number of rotatable bonds is 4. The van der Waals surface area contributed by atoms with Gasteiger partial charge in [-0.1, -0.05) is 24.6 Å². The summed E-state index contributed by atoms with van der Waals surface area (Å²) >= 11 is 5.50. The van der Waals surface area contributed by atoms with Gasteiger partial charge in [0, 0.05) is 12.1 Å². The zero-order chi connectivity index (χ0) is 12.4. The SMILES string of the molecule is CCC1NC(=O)C(C2CC2)N(C/C=C/Cl)C1=O. The van der Waals surface area contributed by atoms with Crippen LogP contribution in [-0.2, 0) is 9.59 Å². The minimum Gasteiger partial charge on any atom is -0.343 e. The van der Waals surface area contributed by atoms with Crippen LogP contribution in [-0.4, -0.2) is 35.3 Å². The first-order valence-corrected chi connectivity index (χ1v) is 6.48. The first-order chi connectivity index (χ1) is 8.19. The molecule has 2 aliphatic rings. The van der Waals surface area contributed by atoms with Crippen LogP contribution < -0.4 is 5.32 Å². The average Bonchev–Trinajstić information content (AvgIpc) is 3.13. The number of nitrogens with zero attached hydrogens (tertiary/aromatic N) is 1. The van der Waals surface area contributed by atoms with Crippen LogP contribution in [0.25, 0.3) is 0 Å². The molecule has 1 aliphatic carbocycles. The number of halogens is 1. The van der Waals surface area contributed by atoms with Crippen LogP contribution in [0, 0.1) is 5.92 Å². The molecular weight excluding hydrogens is 240 g/mol. The van der Waals surface area contributed by atoms with Crippen molar-refractivity contribution >= 4 is 23.4 Å². The monoisotopic (exact) mass is 256 g/mol. The molecule has 17 heavy (non-hydrogen) atoms. The molecule has 2 fully saturated rings. The van der Waals surface area contributed by atoms with E-state index in [4.69, 9.17) is 11.6 Å².